The first-order valence-corrected chi connectivity index (χ1v) is 17.5. The van der Waals surface area contributed by atoms with Crippen LogP contribution in [-0.4, -0.2) is 5.43 Å². The number of halogens is 2. The zero-order valence-electron chi connectivity index (χ0n) is 22.2. The molecule has 2 aliphatic rings. The molecule has 0 amide bonds. The summed E-state index contributed by atoms with van der Waals surface area (Å²) in [5.41, 5.74) is 8.98. The topological polar surface area (TPSA) is 0 Å². The summed E-state index contributed by atoms with van der Waals surface area (Å²) in [6.07, 6.45) is 11.0. The van der Waals surface area contributed by atoms with Crippen LogP contribution in [0.1, 0.15) is 84.1 Å². The van der Waals surface area contributed by atoms with Crippen molar-refractivity contribution in [3.05, 3.63) is 83.0 Å². The molecule has 2 aromatic rings. The molecule has 0 nitrogen and oxygen atoms in total. The van der Waals surface area contributed by atoms with Crippen LogP contribution in [0.4, 0.5) is 0 Å². The van der Waals surface area contributed by atoms with Crippen molar-refractivity contribution in [2.75, 3.05) is 0 Å². The van der Waals surface area contributed by atoms with Crippen molar-refractivity contribution in [1.29, 1.82) is 0 Å². The largest absolute Gasteiger partial charge is 1.00 e. The van der Waals surface area contributed by atoms with Crippen molar-refractivity contribution >= 4 is 5.43 Å². The van der Waals surface area contributed by atoms with Crippen LogP contribution in [0.5, 0.6) is 0 Å². The predicted octanol–water partition coefficient (Wildman–Crippen LogP) is 2.53. The fourth-order valence-electron chi connectivity index (χ4n) is 3.57. The fourth-order valence-corrected chi connectivity index (χ4v) is 4.07. The molecule has 0 atom stereocenters. The summed E-state index contributed by atoms with van der Waals surface area (Å²) in [6, 6.07) is 18.0. The molecule has 0 spiro atoms. The zero-order valence-corrected chi connectivity index (χ0v) is 27.2. The summed E-state index contributed by atoms with van der Waals surface area (Å²) < 4.78 is 0. The first kappa shape index (κ1) is 33.6. The van der Waals surface area contributed by atoms with E-state index in [1.165, 1.54) is 45.5 Å². The molecule has 184 valence electrons. The van der Waals surface area contributed by atoms with E-state index >= 15 is 0 Å². The maximum absolute atomic E-state index is 3.53. The maximum Gasteiger partial charge on any atom is -0.109 e. The second kappa shape index (κ2) is 15.0. The van der Waals surface area contributed by atoms with Gasteiger partial charge in [-0.2, -0.15) is 35.4 Å². The van der Waals surface area contributed by atoms with Gasteiger partial charge in [-0.3, -0.25) is 6.08 Å². The number of benzene rings is 2. The van der Waals surface area contributed by atoms with Crippen LogP contribution in [0.3, 0.4) is 0 Å². The van der Waals surface area contributed by atoms with Crippen molar-refractivity contribution in [2.45, 2.75) is 91.1 Å². The SMILES string of the molecule is CC(C)(C)c1c[c-]c2c(c1)-c1cc(C(C)(C)C)ccc1C2.CC[Si](=[Zr+2])CC.[C-]1=CC=CC1.[Cl-].[Cl-]. The summed E-state index contributed by atoms with van der Waals surface area (Å²) >= 11 is 1.80. The Labute approximate surface area is 237 Å². The Morgan fingerprint density at radius 2 is 1.47 bits per heavy atom. The second-order valence-corrected chi connectivity index (χ2v) is 18.5. The molecule has 2 aromatic carbocycles. The van der Waals surface area contributed by atoms with Crippen molar-refractivity contribution < 1.29 is 48.1 Å². The summed E-state index contributed by atoms with van der Waals surface area (Å²) in [5, 5.41) is 0. The van der Waals surface area contributed by atoms with Crippen molar-refractivity contribution in [2.24, 2.45) is 0 Å². The molecule has 0 aliphatic heterocycles. The van der Waals surface area contributed by atoms with Crippen molar-refractivity contribution in [1.82, 2.24) is 0 Å². The van der Waals surface area contributed by atoms with E-state index in [4.69, 9.17) is 0 Å². The molecule has 0 N–H and O–H groups in total. The standard InChI is InChI=1S/C21H25.C5H5.C4H10Si.2ClH.Zr/c1-20(2,3)16-9-7-14-11-15-8-10-17(21(4,5)6)13-19(15)18(14)12-16;1-2-4-5-3-1;1-3-5-4-2;;;/h7,9-10,12-13H,11H2,1-6H3;1-3H,4H2;3-4H2,1-2H3;2*1H;/q2*-1;;;;+2/p-2. The Kier molecular flexibility index (Phi) is 14.8. The van der Waals surface area contributed by atoms with Gasteiger partial charge in [0.15, 0.2) is 0 Å². The molecule has 0 heterocycles. The van der Waals surface area contributed by atoms with Crippen LogP contribution in [0.25, 0.3) is 11.1 Å². The van der Waals surface area contributed by atoms with Gasteiger partial charge >= 0.3 is 54.7 Å². The molecule has 2 aliphatic carbocycles. The average Bonchev–Trinajstić information content (AvgIpc) is 3.43. The minimum Gasteiger partial charge on any atom is -1.00 e. The summed E-state index contributed by atoms with van der Waals surface area (Å²) in [5.74, 6) is 0. The summed E-state index contributed by atoms with van der Waals surface area (Å²) in [7, 11) is 0. The first-order chi connectivity index (χ1) is 15.0. The fraction of sp³-hybridized carbons (Fsp3) is 0.467. The Hall–Kier alpha value is -0.400. The predicted molar refractivity (Wildman–Crippen MR) is 139 cm³/mol. The van der Waals surface area contributed by atoms with Gasteiger partial charge in [0, 0.05) is 0 Å². The molecule has 0 bridgehead atoms. The van der Waals surface area contributed by atoms with Gasteiger partial charge in [0.1, 0.15) is 0 Å². The Morgan fingerprint density at radius 1 is 0.882 bits per heavy atom. The molecular formula is C30H40Cl2SiZr-2. The molecule has 4 rings (SSSR count). The quantitative estimate of drug-likeness (QED) is 0.318. The van der Waals surface area contributed by atoms with E-state index in [1.54, 1.807) is 23.3 Å². The van der Waals surface area contributed by atoms with Crippen molar-refractivity contribution in [3.8, 4) is 11.1 Å². The third kappa shape index (κ3) is 9.93. The van der Waals surface area contributed by atoms with Crippen LogP contribution >= 0.6 is 0 Å². The zero-order chi connectivity index (χ0) is 23.9. The normalized spacial score (nSPS) is 12.8. The van der Waals surface area contributed by atoms with E-state index in [-0.39, 0.29) is 41.1 Å². The van der Waals surface area contributed by atoms with E-state index in [1.807, 2.05) is 12.2 Å². The summed E-state index contributed by atoms with van der Waals surface area (Å²) in [6.45, 7) is 18.2. The van der Waals surface area contributed by atoms with Crippen LogP contribution in [0, 0.1) is 12.1 Å². The van der Waals surface area contributed by atoms with Gasteiger partial charge in [0.05, 0.1) is 0 Å². The monoisotopic (exact) mass is 588 g/mol. The number of hydrogen-bond acceptors (Lipinski definition) is 0. The first-order valence-electron chi connectivity index (χ1n) is 11.9. The molecule has 0 radical (unpaired) electrons. The van der Waals surface area contributed by atoms with Crippen LogP contribution in [0.15, 0.2) is 48.6 Å². The smallest absolute Gasteiger partial charge is 0.109 e. The van der Waals surface area contributed by atoms with E-state index in [9.17, 15) is 0 Å². The molecule has 0 unspecified atom stereocenters. The number of allylic oxidation sites excluding steroid dienone is 4. The van der Waals surface area contributed by atoms with E-state index in [0.717, 1.165) is 12.8 Å². The average molecular weight is 591 g/mol. The number of hydrogen-bond donors (Lipinski definition) is 0. The van der Waals surface area contributed by atoms with Gasteiger partial charge in [-0.1, -0.05) is 76.3 Å². The van der Waals surface area contributed by atoms with Crippen LogP contribution < -0.4 is 24.8 Å². The van der Waals surface area contributed by atoms with Crippen LogP contribution in [0.2, 0.25) is 12.1 Å². The van der Waals surface area contributed by atoms with Gasteiger partial charge in [0.2, 0.25) is 0 Å². The Bertz CT molecular complexity index is 914. The van der Waals surface area contributed by atoms with Gasteiger partial charge in [-0.15, -0.1) is 12.0 Å². The number of rotatable bonds is 2. The Morgan fingerprint density at radius 3 is 1.88 bits per heavy atom. The number of fused-ring (bicyclic) bond motifs is 3. The third-order valence-corrected chi connectivity index (χ3v) is 12.9. The molecule has 34 heavy (non-hydrogen) atoms. The van der Waals surface area contributed by atoms with E-state index in [0.29, 0.717) is 0 Å². The summed E-state index contributed by atoms with van der Waals surface area (Å²) in [4.78, 5) is 0. The molecule has 0 saturated carbocycles. The van der Waals surface area contributed by atoms with E-state index in [2.05, 4.69) is 104 Å². The molecule has 4 heteroatoms. The van der Waals surface area contributed by atoms with E-state index < -0.39 is 0 Å². The molecular weight excluding hydrogens is 551 g/mol. The maximum atomic E-state index is 3.53. The van der Waals surface area contributed by atoms with Crippen LogP contribution in [-0.2, 0) is 40.6 Å². The molecule has 0 fully saturated rings. The van der Waals surface area contributed by atoms with Crippen molar-refractivity contribution in [3.63, 3.8) is 0 Å². The van der Waals surface area contributed by atoms with Gasteiger partial charge in [0.25, 0.3) is 0 Å². The Balaban J connectivity index is 0.000000700. The minimum absolute atomic E-state index is 0. The van der Waals surface area contributed by atoms with Gasteiger partial charge in [-0.25, -0.2) is 12.2 Å². The van der Waals surface area contributed by atoms with Gasteiger partial charge < -0.3 is 24.8 Å². The molecule has 0 aromatic heterocycles. The van der Waals surface area contributed by atoms with Gasteiger partial charge in [-0.05, 0) is 17.4 Å². The molecule has 0 saturated heterocycles. The minimum atomic E-state index is 0. The third-order valence-electron chi connectivity index (χ3n) is 5.97. The second-order valence-electron chi connectivity index (χ2n) is 10.6.